The maximum absolute atomic E-state index is 12.9. The summed E-state index contributed by atoms with van der Waals surface area (Å²) in [6.45, 7) is 3.07. The van der Waals surface area contributed by atoms with Crippen molar-refractivity contribution in [1.29, 1.82) is 0 Å². The topological polar surface area (TPSA) is 79.3 Å². The van der Waals surface area contributed by atoms with Crippen molar-refractivity contribution in [2.45, 2.75) is 25.8 Å². The molecule has 1 fully saturated rings. The standard InChI is InChI=1S/C24H27N5O2/c1-18(19-9-11-22(12-10-19)29-15-13-25-17-29)26-23(30)20-6-5-14-28(16-20)24(31)27-21-7-3-2-4-8-21/h2-4,7-13,15,17-18,20H,5-6,14,16H2,1H3,(H,26,30)(H,27,31). The molecular formula is C24H27N5O2. The van der Waals surface area contributed by atoms with Crippen molar-refractivity contribution in [1.82, 2.24) is 19.8 Å². The molecule has 31 heavy (non-hydrogen) atoms. The molecule has 0 radical (unpaired) electrons. The monoisotopic (exact) mass is 417 g/mol. The van der Waals surface area contributed by atoms with Crippen molar-refractivity contribution in [3.63, 3.8) is 0 Å². The zero-order chi connectivity index (χ0) is 21.6. The Balaban J connectivity index is 1.32. The first-order valence-corrected chi connectivity index (χ1v) is 10.6. The number of hydrogen-bond donors (Lipinski definition) is 2. The first kappa shape index (κ1) is 20.7. The Morgan fingerprint density at radius 2 is 1.87 bits per heavy atom. The molecule has 160 valence electrons. The van der Waals surface area contributed by atoms with Crippen LogP contribution in [0.25, 0.3) is 5.69 Å². The SMILES string of the molecule is CC(NC(=O)C1CCCN(C(=O)Nc2ccccc2)C1)c1ccc(-n2ccnc2)cc1. The molecule has 0 saturated carbocycles. The van der Waals surface area contributed by atoms with Gasteiger partial charge in [-0.15, -0.1) is 0 Å². The van der Waals surface area contributed by atoms with Crippen LogP contribution in [0.1, 0.15) is 31.4 Å². The number of nitrogens with zero attached hydrogens (tertiary/aromatic N) is 3. The number of anilines is 1. The average molecular weight is 418 g/mol. The molecule has 1 aliphatic heterocycles. The first-order chi connectivity index (χ1) is 15.1. The van der Waals surface area contributed by atoms with Gasteiger partial charge in [0.2, 0.25) is 5.91 Å². The van der Waals surface area contributed by atoms with Gasteiger partial charge in [0.15, 0.2) is 0 Å². The van der Waals surface area contributed by atoms with Crippen molar-refractivity contribution in [3.8, 4) is 5.69 Å². The smallest absolute Gasteiger partial charge is 0.321 e. The summed E-state index contributed by atoms with van der Waals surface area (Å²) in [5.41, 5.74) is 2.81. The summed E-state index contributed by atoms with van der Waals surface area (Å²) < 4.78 is 1.93. The van der Waals surface area contributed by atoms with Crippen LogP contribution in [-0.4, -0.2) is 39.5 Å². The van der Waals surface area contributed by atoms with Gasteiger partial charge in [-0.1, -0.05) is 30.3 Å². The molecule has 3 amide bonds. The Kier molecular flexibility index (Phi) is 6.31. The van der Waals surface area contributed by atoms with Gasteiger partial charge in [-0.25, -0.2) is 9.78 Å². The highest BCUT2D eigenvalue weighted by Gasteiger charge is 2.29. The van der Waals surface area contributed by atoms with Gasteiger partial charge >= 0.3 is 6.03 Å². The van der Waals surface area contributed by atoms with Gasteiger partial charge in [-0.2, -0.15) is 0 Å². The molecule has 0 bridgehead atoms. The molecule has 7 heteroatoms. The third kappa shape index (κ3) is 5.12. The van der Waals surface area contributed by atoms with Crippen LogP contribution in [0.2, 0.25) is 0 Å². The lowest BCUT2D eigenvalue weighted by atomic mass is 9.96. The maximum Gasteiger partial charge on any atom is 0.321 e. The number of carbonyl (C=O) groups excluding carboxylic acids is 2. The molecule has 2 atom stereocenters. The number of nitrogens with one attached hydrogen (secondary N) is 2. The number of hydrogen-bond acceptors (Lipinski definition) is 3. The molecular weight excluding hydrogens is 390 g/mol. The molecule has 3 aromatic rings. The van der Waals surface area contributed by atoms with Gasteiger partial charge in [0.05, 0.1) is 18.3 Å². The van der Waals surface area contributed by atoms with E-state index in [1.165, 1.54) is 0 Å². The van der Waals surface area contributed by atoms with Crippen LogP contribution in [0.15, 0.2) is 73.3 Å². The quantitative estimate of drug-likeness (QED) is 0.659. The summed E-state index contributed by atoms with van der Waals surface area (Å²) in [5, 5.41) is 6.02. The number of rotatable bonds is 5. The van der Waals surface area contributed by atoms with Gasteiger partial charge < -0.3 is 20.1 Å². The van der Waals surface area contributed by atoms with E-state index in [2.05, 4.69) is 15.6 Å². The molecule has 2 heterocycles. The zero-order valence-corrected chi connectivity index (χ0v) is 17.6. The number of para-hydroxylation sites is 1. The number of imidazole rings is 1. The Morgan fingerprint density at radius 1 is 1.10 bits per heavy atom. The largest absolute Gasteiger partial charge is 0.349 e. The lowest BCUT2D eigenvalue weighted by molar-refractivity contribution is -0.126. The zero-order valence-electron chi connectivity index (χ0n) is 17.6. The summed E-state index contributed by atoms with van der Waals surface area (Å²) in [6, 6.07) is 17.1. The second-order valence-corrected chi connectivity index (χ2v) is 7.87. The molecule has 0 spiro atoms. The lowest BCUT2D eigenvalue weighted by Gasteiger charge is -2.32. The summed E-state index contributed by atoms with van der Waals surface area (Å²) in [6.07, 6.45) is 6.98. The number of carbonyl (C=O) groups is 2. The summed E-state index contributed by atoms with van der Waals surface area (Å²) in [7, 11) is 0. The molecule has 2 N–H and O–H groups in total. The molecule has 4 rings (SSSR count). The second-order valence-electron chi connectivity index (χ2n) is 7.87. The van der Waals surface area contributed by atoms with Crippen molar-refractivity contribution >= 4 is 17.6 Å². The van der Waals surface area contributed by atoms with E-state index in [0.717, 1.165) is 29.8 Å². The molecule has 0 aliphatic carbocycles. The van der Waals surface area contributed by atoms with Gasteiger partial charge in [-0.3, -0.25) is 4.79 Å². The molecule has 1 aliphatic rings. The number of amides is 3. The van der Waals surface area contributed by atoms with Crippen LogP contribution in [0, 0.1) is 5.92 Å². The number of aromatic nitrogens is 2. The van der Waals surface area contributed by atoms with Crippen LogP contribution in [0.5, 0.6) is 0 Å². The Bertz CT molecular complexity index is 1000. The number of urea groups is 1. The Hall–Kier alpha value is -3.61. The van der Waals surface area contributed by atoms with Gasteiger partial charge in [0, 0.05) is 36.9 Å². The minimum absolute atomic E-state index is 0.0107. The van der Waals surface area contributed by atoms with Gasteiger partial charge in [-0.05, 0) is 49.6 Å². The number of benzene rings is 2. The first-order valence-electron chi connectivity index (χ1n) is 10.6. The van der Waals surface area contributed by atoms with Crippen LogP contribution >= 0.6 is 0 Å². The van der Waals surface area contributed by atoms with Crippen molar-refractivity contribution < 1.29 is 9.59 Å². The number of piperidine rings is 1. The molecule has 1 saturated heterocycles. The minimum Gasteiger partial charge on any atom is -0.349 e. The number of likely N-dealkylation sites (tertiary alicyclic amines) is 1. The van der Waals surface area contributed by atoms with Crippen LogP contribution in [-0.2, 0) is 4.79 Å². The van der Waals surface area contributed by atoms with E-state index in [4.69, 9.17) is 0 Å². The van der Waals surface area contributed by atoms with E-state index in [1.54, 1.807) is 17.4 Å². The van der Waals surface area contributed by atoms with Crippen molar-refractivity contribution in [2.75, 3.05) is 18.4 Å². The van der Waals surface area contributed by atoms with Gasteiger partial charge in [0.1, 0.15) is 0 Å². The minimum atomic E-state index is -0.206. The normalized spacial score (nSPS) is 17.1. The predicted octanol–water partition coefficient (Wildman–Crippen LogP) is 3.99. The average Bonchev–Trinajstić information content (AvgIpc) is 3.35. The molecule has 7 nitrogen and oxygen atoms in total. The fraction of sp³-hybridized carbons (Fsp3) is 0.292. The van der Waals surface area contributed by atoms with Crippen molar-refractivity contribution in [3.05, 3.63) is 78.9 Å². The van der Waals surface area contributed by atoms with Crippen LogP contribution < -0.4 is 10.6 Å². The van der Waals surface area contributed by atoms with Crippen molar-refractivity contribution in [2.24, 2.45) is 5.92 Å². The fourth-order valence-corrected chi connectivity index (χ4v) is 3.86. The van der Waals surface area contributed by atoms with Gasteiger partial charge in [0.25, 0.3) is 0 Å². The van der Waals surface area contributed by atoms with E-state index in [-0.39, 0.29) is 23.9 Å². The van der Waals surface area contributed by atoms with E-state index in [0.29, 0.717) is 13.1 Å². The summed E-state index contributed by atoms with van der Waals surface area (Å²) in [4.78, 5) is 31.3. The van der Waals surface area contributed by atoms with E-state index < -0.39 is 0 Å². The third-order valence-electron chi connectivity index (χ3n) is 5.66. The molecule has 2 aromatic carbocycles. The molecule has 1 aromatic heterocycles. The third-order valence-corrected chi connectivity index (χ3v) is 5.66. The van der Waals surface area contributed by atoms with Crippen LogP contribution in [0.4, 0.5) is 10.5 Å². The Morgan fingerprint density at radius 3 is 2.58 bits per heavy atom. The lowest BCUT2D eigenvalue weighted by Crippen LogP contribution is -2.47. The highest BCUT2D eigenvalue weighted by Crippen LogP contribution is 2.21. The molecule has 2 unspecified atom stereocenters. The predicted molar refractivity (Wildman–Crippen MR) is 120 cm³/mol. The Labute approximate surface area is 182 Å². The summed E-state index contributed by atoms with van der Waals surface area (Å²) in [5.74, 6) is -0.216. The van der Waals surface area contributed by atoms with E-state index >= 15 is 0 Å². The highest BCUT2D eigenvalue weighted by atomic mass is 16.2. The van der Waals surface area contributed by atoms with E-state index in [9.17, 15) is 9.59 Å². The van der Waals surface area contributed by atoms with Crippen LogP contribution in [0.3, 0.4) is 0 Å². The highest BCUT2D eigenvalue weighted by molar-refractivity contribution is 5.90. The van der Waals surface area contributed by atoms with E-state index in [1.807, 2.05) is 72.3 Å². The summed E-state index contributed by atoms with van der Waals surface area (Å²) >= 11 is 0. The fourth-order valence-electron chi connectivity index (χ4n) is 3.86. The maximum atomic E-state index is 12.9. The second kappa shape index (κ2) is 9.47.